The number of nitrogens with one attached hydrogen (secondary N) is 1. The van der Waals surface area contributed by atoms with E-state index in [-0.39, 0.29) is 11.7 Å². The molecule has 0 aliphatic carbocycles. The van der Waals surface area contributed by atoms with Crippen molar-refractivity contribution >= 4 is 45.2 Å². The minimum atomic E-state index is -0.518. The Morgan fingerprint density at radius 3 is 2.54 bits per heavy atom. The fraction of sp³-hybridized carbons (Fsp3) is 0.0588. The van der Waals surface area contributed by atoms with Gasteiger partial charge in [-0.25, -0.2) is 0 Å². The van der Waals surface area contributed by atoms with E-state index >= 15 is 0 Å². The molecule has 0 saturated heterocycles. The molecule has 7 nitrogen and oxygen atoms in total. The van der Waals surface area contributed by atoms with E-state index in [2.05, 4.69) is 31.4 Å². The van der Waals surface area contributed by atoms with Gasteiger partial charge in [-0.3, -0.25) is 9.59 Å². The average molecular weight is 433 g/mol. The van der Waals surface area contributed by atoms with Crippen LogP contribution < -0.4 is 11.1 Å². The van der Waals surface area contributed by atoms with Crippen molar-refractivity contribution in [3.05, 3.63) is 58.6 Å². The summed E-state index contributed by atoms with van der Waals surface area (Å²) in [5.74, 6) is -0.268. The standard InChI is InChI=1S/C17H13BrN4O3S/c18-13-4-2-1-3-12(13)16-21-22-17(25-16)26-9-14(23)20-11-7-5-10(6-8-11)15(19)24/h1-8H,9H2,(H2,19,24)(H,20,23). The summed E-state index contributed by atoms with van der Waals surface area (Å²) in [6, 6.07) is 13.8. The molecule has 26 heavy (non-hydrogen) atoms. The predicted octanol–water partition coefficient (Wildman–Crippen LogP) is 3.33. The zero-order valence-electron chi connectivity index (χ0n) is 13.3. The molecular weight excluding hydrogens is 420 g/mol. The smallest absolute Gasteiger partial charge is 0.277 e. The number of carbonyl (C=O) groups is 2. The predicted molar refractivity (Wildman–Crippen MR) is 102 cm³/mol. The van der Waals surface area contributed by atoms with Gasteiger partial charge < -0.3 is 15.5 Å². The minimum Gasteiger partial charge on any atom is -0.411 e. The van der Waals surface area contributed by atoms with Crippen molar-refractivity contribution in [1.82, 2.24) is 10.2 Å². The van der Waals surface area contributed by atoms with Crippen LogP contribution in [0.3, 0.4) is 0 Å². The molecule has 0 aliphatic heterocycles. The van der Waals surface area contributed by atoms with Crippen LogP contribution in [0.4, 0.5) is 5.69 Å². The third-order valence-electron chi connectivity index (χ3n) is 3.29. The van der Waals surface area contributed by atoms with E-state index in [0.29, 0.717) is 22.4 Å². The lowest BCUT2D eigenvalue weighted by Gasteiger charge is -2.04. The summed E-state index contributed by atoms with van der Waals surface area (Å²) in [5.41, 5.74) is 6.90. The molecule has 0 aliphatic rings. The van der Waals surface area contributed by atoms with E-state index in [1.165, 1.54) is 0 Å². The Morgan fingerprint density at radius 1 is 1.12 bits per heavy atom. The SMILES string of the molecule is NC(=O)c1ccc(NC(=O)CSc2nnc(-c3ccccc3Br)o2)cc1. The number of aromatic nitrogens is 2. The van der Waals surface area contributed by atoms with Crippen molar-refractivity contribution in [1.29, 1.82) is 0 Å². The van der Waals surface area contributed by atoms with Crippen LogP contribution in [0.5, 0.6) is 0 Å². The van der Waals surface area contributed by atoms with Gasteiger partial charge in [0.15, 0.2) is 0 Å². The summed E-state index contributed by atoms with van der Waals surface area (Å²) in [6.07, 6.45) is 0. The number of hydrogen-bond donors (Lipinski definition) is 2. The first-order valence-electron chi connectivity index (χ1n) is 7.44. The van der Waals surface area contributed by atoms with E-state index in [4.69, 9.17) is 10.2 Å². The summed E-state index contributed by atoms with van der Waals surface area (Å²) in [7, 11) is 0. The number of rotatable bonds is 6. The molecule has 9 heteroatoms. The van der Waals surface area contributed by atoms with Gasteiger partial charge in [0.2, 0.25) is 17.7 Å². The Balaban J connectivity index is 1.56. The molecule has 0 bridgehead atoms. The number of nitrogens with zero attached hydrogens (tertiary/aromatic N) is 2. The Hall–Kier alpha value is -2.65. The van der Waals surface area contributed by atoms with Crippen LogP contribution in [0.15, 0.2) is 62.6 Å². The van der Waals surface area contributed by atoms with Crippen LogP contribution in [0, 0.1) is 0 Å². The van der Waals surface area contributed by atoms with Crippen molar-refractivity contribution < 1.29 is 14.0 Å². The van der Waals surface area contributed by atoms with Gasteiger partial charge in [-0.2, -0.15) is 0 Å². The molecular formula is C17H13BrN4O3S. The first-order valence-corrected chi connectivity index (χ1v) is 9.22. The van der Waals surface area contributed by atoms with E-state index in [1.54, 1.807) is 24.3 Å². The maximum absolute atomic E-state index is 12.0. The number of amides is 2. The summed E-state index contributed by atoms with van der Waals surface area (Å²) in [5, 5.41) is 10.9. The maximum Gasteiger partial charge on any atom is 0.277 e. The highest BCUT2D eigenvalue weighted by molar-refractivity contribution is 9.10. The van der Waals surface area contributed by atoms with Gasteiger partial charge in [0.05, 0.1) is 11.3 Å². The first kappa shape index (κ1) is 18.2. The highest BCUT2D eigenvalue weighted by Gasteiger charge is 2.13. The van der Waals surface area contributed by atoms with Crippen molar-refractivity contribution in [2.75, 3.05) is 11.1 Å². The third kappa shape index (κ3) is 4.50. The maximum atomic E-state index is 12.0. The Morgan fingerprint density at radius 2 is 1.85 bits per heavy atom. The molecule has 2 amide bonds. The van der Waals surface area contributed by atoms with Gasteiger partial charge in [0, 0.05) is 15.7 Å². The number of primary amides is 1. The van der Waals surface area contributed by atoms with Crippen molar-refractivity contribution in [3.63, 3.8) is 0 Å². The van der Waals surface area contributed by atoms with Crippen LogP contribution in [0.25, 0.3) is 11.5 Å². The highest BCUT2D eigenvalue weighted by atomic mass is 79.9. The zero-order chi connectivity index (χ0) is 18.5. The number of nitrogens with two attached hydrogens (primary N) is 1. The molecule has 0 saturated carbocycles. The van der Waals surface area contributed by atoms with Gasteiger partial charge in [-0.15, -0.1) is 10.2 Å². The van der Waals surface area contributed by atoms with Gasteiger partial charge in [-0.05, 0) is 52.3 Å². The molecule has 0 atom stereocenters. The number of carbonyl (C=O) groups excluding carboxylic acids is 2. The average Bonchev–Trinajstić information content (AvgIpc) is 3.09. The molecule has 0 radical (unpaired) electrons. The van der Waals surface area contributed by atoms with E-state index < -0.39 is 5.91 Å². The lowest BCUT2D eigenvalue weighted by molar-refractivity contribution is -0.113. The van der Waals surface area contributed by atoms with Crippen LogP contribution in [0.2, 0.25) is 0 Å². The lowest BCUT2D eigenvalue weighted by Crippen LogP contribution is -2.15. The third-order valence-corrected chi connectivity index (χ3v) is 4.80. The molecule has 1 aromatic heterocycles. The fourth-order valence-corrected chi connectivity index (χ4v) is 3.07. The summed E-state index contributed by atoms with van der Waals surface area (Å²) in [4.78, 5) is 23.0. The molecule has 0 spiro atoms. The minimum absolute atomic E-state index is 0.106. The second kappa shape index (κ2) is 8.15. The van der Waals surface area contributed by atoms with E-state index in [1.807, 2.05) is 24.3 Å². The molecule has 3 aromatic rings. The molecule has 0 unspecified atom stereocenters. The summed E-state index contributed by atoms with van der Waals surface area (Å²) < 4.78 is 6.42. The fourth-order valence-electron chi connectivity index (χ4n) is 2.05. The molecule has 0 fully saturated rings. The summed E-state index contributed by atoms with van der Waals surface area (Å²) >= 11 is 4.56. The van der Waals surface area contributed by atoms with Gasteiger partial charge in [0.25, 0.3) is 5.22 Å². The topological polar surface area (TPSA) is 111 Å². The number of anilines is 1. The second-order valence-electron chi connectivity index (χ2n) is 5.13. The van der Waals surface area contributed by atoms with Crippen LogP contribution in [-0.4, -0.2) is 27.8 Å². The number of benzene rings is 2. The second-order valence-corrected chi connectivity index (χ2v) is 6.91. The van der Waals surface area contributed by atoms with Gasteiger partial charge in [0.1, 0.15) is 0 Å². The van der Waals surface area contributed by atoms with E-state index in [9.17, 15) is 9.59 Å². The monoisotopic (exact) mass is 432 g/mol. The largest absolute Gasteiger partial charge is 0.411 e. The lowest BCUT2D eigenvalue weighted by atomic mass is 10.2. The first-order chi connectivity index (χ1) is 12.5. The van der Waals surface area contributed by atoms with Gasteiger partial charge >= 0.3 is 0 Å². The Bertz CT molecular complexity index is 943. The van der Waals surface area contributed by atoms with Crippen molar-refractivity contribution in [2.24, 2.45) is 5.73 Å². The number of thioether (sulfide) groups is 1. The van der Waals surface area contributed by atoms with Gasteiger partial charge in [-0.1, -0.05) is 23.9 Å². The molecule has 132 valence electrons. The highest BCUT2D eigenvalue weighted by Crippen LogP contribution is 2.28. The van der Waals surface area contributed by atoms with Crippen LogP contribution in [0.1, 0.15) is 10.4 Å². The normalized spacial score (nSPS) is 10.5. The zero-order valence-corrected chi connectivity index (χ0v) is 15.7. The molecule has 1 heterocycles. The summed E-state index contributed by atoms with van der Waals surface area (Å²) in [6.45, 7) is 0. The molecule has 2 aromatic carbocycles. The van der Waals surface area contributed by atoms with Crippen LogP contribution in [-0.2, 0) is 4.79 Å². The molecule has 3 N–H and O–H groups in total. The Labute approximate surface area is 161 Å². The number of hydrogen-bond acceptors (Lipinski definition) is 6. The quantitative estimate of drug-likeness (QED) is 0.577. The Kier molecular flexibility index (Phi) is 5.69. The number of halogens is 1. The van der Waals surface area contributed by atoms with E-state index in [0.717, 1.165) is 21.8 Å². The molecule has 3 rings (SSSR count). The van der Waals surface area contributed by atoms with Crippen LogP contribution >= 0.6 is 27.7 Å². The van der Waals surface area contributed by atoms with Crippen molar-refractivity contribution in [3.8, 4) is 11.5 Å². The van der Waals surface area contributed by atoms with Crippen molar-refractivity contribution in [2.45, 2.75) is 5.22 Å².